The highest BCUT2D eigenvalue weighted by Crippen LogP contribution is 2.38. The van der Waals surface area contributed by atoms with Gasteiger partial charge in [0.05, 0.1) is 6.04 Å². The maximum atomic E-state index is 6.00. The summed E-state index contributed by atoms with van der Waals surface area (Å²) in [4.78, 5) is 4.18. The molecule has 0 aromatic carbocycles. The van der Waals surface area contributed by atoms with Crippen LogP contribution in [0.5, 0.6) is 0 Å². The molecule has 1 aromatic heterocycles. The molecular weight excluding hydrogens is 152 g/mol. The van der Waals surface area contributed by atoms with Crippen molar-refractivity contribution in [2.45, 2.75) is 32.4 Å². The minimum atomic E-state index is 0.104. The first kappa shape index (κ1) is 7.73. The molecule has 0 unspecified atom stereocenters. The molecule has 0 spiro atoms. The maximum absolute atomic E-state index is 6.00. The Morgan fingerprint density at radius 1 is 1.75 bits per heavy atom. The van der Waals surface area contributed by atoms with E-state index in [1.807, 2.05) is 4.68 Å². The zero-order valence-electron chi connectivity index (χ0n) is 7.27. The van der Waals surface area contributed by atoms with Gasteiger partial charge >= 0.3 is 0 Å². The summed E-state index contributed by atoms with van der Waals surface area (Å²) in [6, 6.07) is 0.104. The largest absolute Gasteiger partial charge is 0.321 e. The first-order valence-corrected chi connectivity index (χ1v) is 4.46. The van der Waals surface area contributed by atoms with E-state index in [1.54, 1.807) is 6.33 Å². The molecule has 4 heteroatoms. The van der Waals surface area contributed by atoms with Gasteiger partial charge < -0.3 is 5.73 Å². The highest BCUT2D eigenvalue weighted by Gasteiger charge is 2.32. The molecule has 1 atom stereocenters. The summed E-state index contributed by atoms with van der Waals surface area (Å²) in [5.74, 6) is 1.60. The molecule has 2 rings (SSSR count). The zero-order chi connectivity index (χ0) is 8.55. The molecule has 12 heavy (non-hydrogen) atoms. The maximum Gasteiger partial charge on any atom is 0.144 e. The van der Waals surface area contributed by atoms with Gasteiger partial charge in [0.25, 0.3) is 0 Å². The SMILES string of the molecule is CCn1ncnc1[C@@H](N)C1CC1. The van der Waals surface area contributed by atoms with Crippen LogP contribution in [-0.2, 0) is 6.54 Å². The van der Waals surface area contributed by atoms with Crippen molar-refractivity contribution >= 4 is 0 Å². The Kier molecular flexibility index (Phi) is 1.84. The van der Waals surface area contributed by atoms with Crippen LogP contribution in [0.25, 0.3) is 0 Å². The third-order valence-electron chi connectivity index (χ3n) is 2.37. The molecular formula is C8H14N4. The van der Waals surface area contributed by atoms with E-state index < -0.39 is 0 Å². The Bertz CT molecular complexity index is 264. The summed E-state index contributed by atoms with van der Waals surface area (Å²) in [5.41, 5.74) is 6.00. The van der Waals surface area contributed by atoms with Crippen LogP contribution in [-0.4, -0.2) is 14.8 Å². The fourth-order valence-corrected chi connectivity index (χ4v) is 1.44. The molecule has 66 valence electrons. The molecule has 4 nitrogen and oxygen atoms in total. The second-order valence-electron chi connectivity index (χ2n) is 3.30. The molecule has 0 aliphatic heterocycles. The van der Waals surface area contributed by atoms with Gasteiger partial charge in [0, 0.05) is 6.54 Å². The first-order chi connectivity index (χ1) is 5.83. The van der Waals surface area contributed by atoms with Crippen molar-refractivity contribution in [2.75, 3.05) is 0 Å². The van der Waals surface area contributed by atoms with Gasteiger partial charge in [-0.25, -0.2) is 9.67 Å². The average molecular weight is 166 g/mol. The lowest BCUT2D eigenvalue weighted by Gasteiger charge is -2.09. The highest BCUT2D eigenvalue weighted by atomic mass is 15.3. The number of hydrogen-bond acceptors (Lipinski definition) is 3. The van der Waals surface area contributed by atoms with E-state index in [0.29, 0.717) is 5.92 Å². The normalized spacial score (nSPS) is 19.5. The number of aryl methyl sites for hydroxylation is 1. The summed E-state index contributed by atoms with van der Waals surface area (Å²) >= 11 is 0. The fourth-order valence-electron chi connectivity index (χ4n) is 1.44. The molecule has 0 radical (unpaired) electrons. The van der Waals surface area contributed by atoms with Gasteiger partial charge in [0.1, 0.15) is 12.2 Å². The fraction of sp³-hybridized carbons (Fsp3) is 0.750. The number of nitrogens with two attached hydrogens (primary N) is 1. The van der Waals surface area contributed by atoms with Crippen LogP contribution in [0.4, 0.5) is 0 Å². The molecule has 1 fully saturated rings. The van der Waals surface area contributed by atoms with Gasteiger partial charge in [0.2, 0.25) is 0 Å². The molecule has 1 aromatic rings. The summed E-state index contributed by atoms with van der Waals surface area (Å²) in [6.07, 6.45) is 4.08. The lowest BCUT2D eigenvalue weighted by molar-refractivity contribution is 0.522. The molecule has 1 heterocycles. The summed E-state index contributed by atoms with van der Waals surface area (Å²) < 4.78 is 1.88. The second kappa shape index (κ2) is 2.86. The van der Waals surface area contributed by atoms with Gasteiger partial charge in [0.15, 0.2) is 0 Å². The number of hydrogen-bond donors (Lipinski definition) is 1. The predicted molar refractivity (Wildman–Crippen MR) is 45.3 cm³/mol. The first-order valence-electron chi connectivity index (χ1n) is 4.46. The molecule has 1 saturated carbocycles. The third-order valence-corrected chi connectivity index (χ3v) is 2.37. The van der Waals surface area contributed by atoms with Gasteiger partial charge in [-0.05, 0) is 25.7 Å². The Morgan fingerprint density at radius 3 is 3.08 bits per heavy atom. The summed E-state index contributed by atoms with van der Waals surface area (Å²) in [7, 11) is 0. The molecule has 0 bridgehead atoms. The topological polar surface area (TPSA) is 56.7 Å². The predicted octanol–water partition coefficient (Wildman–Crippen LogP) is 0.708. The van der Waals surface area contributed by atoms with Gasteiger partial charge in [-0.2, -0.15) is 5.10 Å². The van der Waals surface area contributed by atoms with Crippen LogP contribution in [0.3, 0.4) is 0 Å². The van der Waals surface area contributed by atoms with Crippen molar-refractivity contribution < 1.29 is 0 Å². The Hall–Kier alpha value is -0.900. The van der Waals surface area contributed by atoms with E-state index in [9.17, 15) is 0 Å². The van der Waals surface area contributed by atoms with Crippen molar-refractivity contribution in [1.29, 1.82) is 0 Å². The van der Waals surface area contributed by atoms with Crippen molar-refractivity contribution in [2.24, 2.45) is 11.7 Å². The Balaban J connectivity index is 2.19. The van der Waals surface area contributed by atoms with Crippen LogP contribution in [0, 0.1) is 5.92 Å². The minimum absolute atomic E-state index is 0.104. The zero-order valence-corrected chi connectivity index (χ0v) is 7.27. The molecule has 0 saturated heterocycles. The number of aromatic nitrogens is 3. The van der Waals surface area contributed by atoms with Crippen LogP contribution >= 0.6 is 0 Å². The van der Waals surface area contributed by atoms with Gasteiger partial charge in [-0.3, -0.25) is 0 Å². The van der Waals surface area contributed by atoms with Crippen molar-refractivity contribution in [3.05, 3.63) is 12.2 Å². The molecule has 1 aliphatic carbocycles. The van der Waals surface area contributed by atoms with E-state index in [2.05, 4.69) is 17.0 Å². The van der Waals surface area contributed by atoms with Crippen molar-refractivity contribution in [3.8, 4) is 0 Å². The molecule has 0 amide bonds. The van der Waals surface area contributed by atoms with Crippen molar-refractivity contribution in [1.82, 2.24) is 14.8 Å². The molecule has 2 N–H and O–H groups in total. The van der Waals surface area contributed by atoms with Gasteiger partial charge in [-0.15, -0.1) is 0 Å². The van der Waals surface area contributed by atoms with Crippen LogP contribution in [0.2, 0.25) is 0 Å². The van der Waals surface area contributed by atoms with Gasteiger partial charge in [-0.1, -0.05) is 0 Å². The van der Waals surface area contributed by atoms with Crippen LogP contribution in [0.15, 0.2) is 6.33 Å². The quantitative estimate of drug-likeness (QED) is 0.719. The molecule has 1 aliphatic rings. The van der Waals surface area contributed by atoms with E-state index in [-0.39, 0.29) is 6.04 Å². The van der Waals surface area contributed by atoms with Crippen LogP contribution < -0.4 is 5.73 Å². The third kappa shape index (κ3) is 1.22. The Labute approximate surface area is 71.8 Å². The summed E-state index contributed by atoms with van der Waals surface area (Å²) in [5, 5.41) is 4.09. The number of nitrogens with zero attached hydrogens (tertiary/aromatic N) is 3. The smallest absolute Gasteiger partial charge is 0.144 e. The second-order valence-corrected chi connectivity index (χ2v) is 3.30. The number of rotatable bonds is 3. The highest BCUT2D eigenvalue weighted by molar-refractivity contribution is 5.00. The monoisotopic (exact) mass is 166 g/mol. The van der Waals surface area contributed by atoms with E-state index in [4.69, 9.17) is 5.73 Å². The Morgan fingerprint density at radius 2 is 2.50 bits per heavy atom. The standard InChI is InChI=1S/C8H14N4/c1-2-12-8(10-5-11-12)7(9)6-3-4-6/h5-7H,2-4,9H2,1H3/t7-/m0/s1. The minimum Gasteiger partial charge on any atom is -0.321 e. The lowest BCUT2D eigenvalue weighted by Crippen LogP contribution is -2.18. The lowest BCUT2D eigenvalue weighted by atomic mass is 10.2. The summed E-state index contributed by atoms with van der Waals surface area (Å²) in [6.45, 7) is 2.91. The van der Waals surface area contributed by atoms with Crippen molar-refractivity contribution in [3.63, 3.8) is 0 Å². The van der Waals surface area contributed by atoms with E-state index >= 15 is 0 Å². The van der Waals surface area contributed by atoms with E-state index in [0.717, 1.165) is 12.4 Å². The van der Waals surface area contributed by atoms with E-state index in [1.165, 1.54) is 12.8 Å². The average Bonchev–Trinajstić information content (AvgIpc) is 2.82. The van der Waals surface area contributed by atoms with Crippen LogP contribution in [0.1, 0.15) is 31.6 Å².